The molecule has 14 heavy (non-hydrogen) atoms. The quantitative estimate of drug-likeness (QED) is 0.513. The maximum Gasteiger partial charge on any atom is 0.154 e. The van der Waals surface area contributed by atoms with E-state index in [0.29, 0.717) is 5.70 Å². The Hall–Kier alpha value is -1.91. The minimum Gasteiger partial charge on any atom is -0.323 e. The van der Waals surface area contributed by atoms with Gasteiger partial charge < -0.3 is 4.72 Å². The zero-order valence-electron chi connectivity index (χ0n) is 7.11. The summed E-state index contributed by atoms with van der Waals surface area (Å²) in [4.78, 5) is 1.05. The summed E-state index contributed by atoms with van der Waals surface area (Å²) in [6, 6.07) is 11.4. The normalized spacial score (nSPS) is 12.3. The van der Waals surface area contributed by atoms with E-state index in [0.717, 1.165) is 10.5 Å². The molecule has 1 aromatic rings. The van der Waals surface area contributed by atoms with Crippen molar-refractivity contribution in [3.63, 3.8) is 0 Å². The Morgan fingerprint density at radius 1 is 1.21 bits per heavy atom. The number of nitrogens with zero attached hydrogens (tertiary/aromatic N) is 2. The maximum atomic E-state index is 8.73. The molecule has 1 aliphatic heterocycles. The molecule has 0 spiro atoms. The van der Waals surface area contributed by atoms with Crippen molar-refractivity contribution in [2.75, 3.05) is 0 Å². The topological polar surface area (TPSA) is 59.6 Å². The van der Waals surface area contributed by atoms with Crippen LogP contribution >= 0.6 is 11.9 Å². The summed E-state index contributed by atoms with van der Waals surface area (Å²) >= 11 is 1.42. The molecule has 1 N–H and O–H groups in total. The Balaban J connectivity index is 2.62. The minimum atomic E-state index is 0.127. The van der Waals surface area contributed by atoms with Gasteiger partial charge in [0.1, 0.15) is 12.1 Å². The highest BCUT2D eigenvalue weighted by Gasteiger charge is 2.19. The smallest absolute Gasteiger partial charge is 0.154 e. The molecule has 1 heterocycles. The highest BCUT2D eigenvalue weighted by molar-refractivity contribution is 7.98. The molecule has 4 heteroatoms. The molecule has 0 bridgehead atoms. The van der Waals surface area contributed by atoms with E-state index in [1.807, 2.05) is 36.4 Å². The van der Waals surface area contributed by atoms with E-state index in [2.05, 4.69) is 4.72 Å². The predicted molar refractivity (Wildman–Crippen MR) is 53.6 cm³/mol. The lowest BCUT2D eigenvalue weighted by molar-refractivity contribution is 1.37. The van der Waals surface area contributed by atoms with E-state index in [1.54, 1.807) is 0 Å². The predicted octanol–water partition coefficient (Wildman–Crippen LogP) is 2.06. The average molecular weight is 199 g/mol. The molecule has 2 rings (SSSR count). The molecule has 0 radical (unpaired) electrons. The van der Waals surface area contributed by atoms with Crippen LogP contribution in [0.5, 0.6) is 0 Å². The van der Waals surface area contributed by atoms with Crippen LogP contribution in [0.2, 0.25) is 0 Å². The highest BCUT2D eigenvalue weighted by atomic mass is 32.2. The number of allylic oxidation sites excluding steroid dienone is 1. The molecule has 0 fully saturated rings. The first-order valence-electron chi connectivity index (χ1n) is 3.93. The van der Waals surface area contributed by atoms with Gasteiger partial charge in [0, 0.05) is 10.5 Å². The van der Waals surface area contributed by atoms with Crippen LogP contribution in [0.25, 0.3) is 5.70 Å². The summed E-state index contributed by atoms with van der Waals surface area (Å²) in [5.41, 5.74) is 1.67. The van der Waals surface area contributed by atoms with Gasteiger partial charge in [-0.1, -0.05) is 18.2 Å². The monoisotopic (exact) mass is 199 g/mol. The van der Waals surface area contributed by atoms with E-state index >= 15 is 0 Å². The van der Waals surface area contributed by atoms with Gasteiger partial charge in [-0.25, -0.2) is 0 Å². The maximum absolute atomic E-state index is 8.73. The summed E-state index contributed by atoms with van der Waals surface area (Å²) in [7, 11) is 0. The second kappa shape index (κ2) is 3.45. The fourth-order valence-corrected chi connectivity index (χ4v) is 2.10. The summed E-state index contributed by atoms with van der Waals surface area (Å²) in [6.07, 6.45) is 0. The van der Waals surface area contributed by atoms with Gasteiger partial charge >= 0.3 is 0 Å². The van der Waals surface area contributed by atoms with Crippen LogP contribution in [0, 0.1) is 22.7 Å². The zero-order chi connectivity index (χ0) is 9.97. The molecule has 1 aromatic carbocycles. The average Bonchev–Trinajstić information content (AvgIpc) is 2.65. The van der Waals surface area contributed by atoms with Gasteiger partial charge in [0.25, 0.3) is 0 Å². The Bertz CT molecular complexity index is 475. The van der Waals surface area contributed by atoms with Crippen molar-refractivity contribution in [2.24, 2.45) is 0 Å². The number of hydrogen-bond acceptors (Lipinski definition) is 4. The van der Waals surface area contributed by atoms with Crippen LogP contribution in [0.4, 0.5) is 0 Å². The Morgan fingerprint density at radius 2 is 1.93 bits per heavy atom. The van der Waals surface area contributed by atoms with Crippen molar-refractivity contribution in [2.45, 2.75) is 4.90 Å². The fourth-order valence-electron chi connectivity index (χ4n) is 1.25. The number of nitrogens with one attached hydrogen (secondary N) is 1. The van der Waals surface area contributed by atoms with E-state index in [1.165, 1.54) is 11.9 Å². The molecular weight excluding hydrogens is 194 g/mol. The standard InChI is InChI=1S/C10H5N3S/c11-5-7(6-12)10-8-3-1-2-4-9(8)14-13-10/h1-4,13H. The molecule has 0 aromatic heterocycles. The first-order chi connectivity index (χ1) is 6.86. The number of benzene rings is 1. The van der Waals surface area contributed by atoms with Crippen LogP contribution in [0.3, 0.4) is 0 Å². The van der Waals surface area contributed by atoms with Crippen LogP contribution in [-0.4, -0.2) is 0 Å². The van der Waals surface area contributed by atoms with Crippen LogP contribution < -0.4 is 4.72 Å². The minimum absolute atomic E-state index is 0.127. The molecule has 1 aliphatic rings. The first-order valence-corrected chi connectivity index (χ1v) is 4.75. The third-order valence-electron chi connectivity index (χ3n) is 1.89. The van der Waals surface area contributed by atoms with Gasteiger partial charge in [0.05, 0.1) is 5.70 Å². The van der Waals surface area contributed by atoms with Crippen molar-refractivity contribution >= 4 is 17.6 Å². The highest BCUT2D eigenvalue weighted by Crippen LogP contribution is 2.35. The van der Waals surface area contributed by atoms with Gasteiger partial charge in [-0.2, -0.15) is 10.5 Å². The molecular formula is C10H5N3S. The van der Waals surface area contributed by atoms with Crippen molar-refractivity contribution in [3.8, 4) is 12.1 Å². The van der Waals surface area contributed by atoms with E-state index in [4.69, 9.17) is 10.5 Å². The Kier molecular flexibility index (Phi) is 2.14. The van der Waals surface area contributed by atoms with E-state index in [-0.39, 0.29) is 5.57 Å². The van der Waals surface area contributed by atoms with Gasteiger partial charge in [-0.05, 0) is 18.0 Å². The molecule has 0 aliphatic carbocycles. The second-order valence-corrected chi connectivity index (χ2v) is 3.52. The van der Waals surface area contributed by atoms with Crippen molar-refractivity contribution in [3.05, 3.63) is 35.4 Å². The molecule has 66 valence electrons. The molecule has 0 saturated heterocycles. The lowest BCUT2D eigenvalue weighted by Gasteiger charge is -1.97. The Labute approximate surface area is 85.8 Å². The first kappa shape index (κ1) is 8.68. The zero-order valence-corrected chi connectivity index (χ0v) is 7.93. The number of rotatable bonds is 0. The molecule has 0 amide bonds. The fraction of sp³-hybridized carbons (Fsp3) is 0. The summed E-state index contributed by atoms with van der Waals surface area (Å²) in [6.45, 7) is 0. The van der Waals surface area contributed by atoms with E-state index < -0.39 is 0 Å². The third kappa shape index (κ3) is 1.22. The number of hydrogen-bond donors (Lipinski definition) is 1. The van der Waals surface area contributed by atoms with Gasteiger partial charge in [-0.3, -0.25) is 0 Å². The van der Waals surface area contributed by atoms with Gasteiger partial charge in [0.2, 0.25) is 0 Å². The number of fused-ring (bicyclic) bond motifs is 1. The third-order valence-corrected chi connectivity index (χ3v) is 2.78. The van der Waals surface area contributed by atoms with Crippen LogP contribution in [-0.2, 0) is 0 Å². The molecule has 3 nitrogen and oxygen atoms in total. The summed E-state index contributed by atoms with van der Waals surface area (Å²) < 4.78 is 2.98. The number of nitriles is 2. The van der Waals surface area contributed by atoms with Crippen molar-refractivity contribution in [1.82, 2.24) is 4.72 Å². The molecule has 0 unspecified atom stereocenters. The Morgan fingerprint density at radius 3 is 2.64 bits per heavy atom. The van der Waals surface area contributed by atoms with Gasteiger partial charge in [0.15, 0.2) is 5.57 Å². The second-order valence-electron chi connectivity index (χ2n) is 2.67. The summed E-state index contributed by atoms with van der Waals surface area (Å²) in [5, 5.41) is 17.5. The van der Waals surface area contributed by atoms with Crippen LogP contribution in [0.15, 0.2) is 34.7 Å². The van der Waals surface area contributed by atoms with Crippen molar-refractivity contribution in [1.29, 1.82) is 10.5 Å². The van der Waals surface area contributed by atoms with Crippen LogP contribution in [0.1, 0.15) is 5.56 Å². The largest absolute Gasteiger partial charge is 0.323 e. The van der Waals surface area contributed by atoms with Gasteiger partial charge in [-0.15, -0.1) is 0 Å². The lowest BCUT2D eigenvalue weighted by atomic mass is 10.1. The molecule has 0 saturated carbocycles. The lowest BCUT2D eigenvalue weighted by Crippen LogP contribution is -1.96. The summed E-state index contributed by atoms with van der Waals surface area (Å²) in [5.74, 6) is 0. The SMILES string of the molecule is N#CC(C#N)=C1NSc2ccccc21. The van der Waals surface area contributed by atoms with E-state index in [9.17, 15) is 0 Å². The van der Waals surface area contributed by atoms with Crippen molar-refractivity contribution < 1.29 is 0 Å². The molecule has 0 atom stereocenters.